The molecule has 1 N–H and O–H groups in total. The predicted octanol–water partition coefficient (Wildman–Crippen LogP) is 3.26. The fourth-order valence-electron chi connectivity index (χ4n) is 1.85. The number of nitrogens with zero attached hydrogens (tertiary/aromatic N) is 3. The SMILES string of the molecule is CC(Nc1ccc([N+](=O)[O-])cc1Br)c1ccnn1C. The Morgan fingerprint density at radius 2 is 2.21 bits per heavy atom. The quantitative estimate of drug-likeness (QED) is 0.692. The van der Waals surface area contributed by atoms with Gasteiger partial charge in [0.1, 0.15) is 0 Å². The van der Waals surface area contributed by atoms with Crippen molar-refractivity contribution in [2.45, 2.75) is 13.0 Å². The summed E-state index contributed by atoms with van der Waals surface area (Å²) in [7, 11) is 1.87. The molecule has 19 heavy (non-hydrogen) atoms. The van der Waals surface area contributed by atoms with Gasteiger partial charge in [-0.3, -0.25) is 14.8 Å². The van der Waals surface area contributed by atoms with Gasteiger partial charge in [-0.1, -0.05) is 0 Å². The van der Waals surface area contributed by atoms with Gasteiger partial charge >= 0.3 is 0 Å². The molecule has 1 unspecified atom stereocenters. The van der Waals surface area contributed by atoms with Crippen molar-refractivity contribution in [3.63, 3.8) is 0 Å². The Morgan fingerprint density at radius 3 is 2.74 bits per heavy atom. The smallest absolute Gasteiger partial charge is 0.270 e. The number of nitrogens with one attached hydrogen (secondary N) is 1. The third kappa shape index (κ3) is 2.93. The Labute approximate surface area is 118 Å². The highest BCUT2D eigenvalue weighted by Gasteiger charge is 2.13. The molecule has 0 saturated carbocycles. The van der Waals surface area contributed by atoms with Gasteiger partial charge in [0.15, 0.2) is 0 Å². The average molecular weight is 325 g/mol. The highest BCUT2D eigenvalue weighted by Crippen LogP contribution is 2.29. The maximum absolute atomic E-state index is 10.7. The summed E-state index contributed by atoms with van der Waals surface area (Å²) in [4.78, 5) is 10.3. The van der Waals surface area contributed by atoms with Gasteiger partial charge in [0.2, 0.25) is 0 Å². The molecule has 1 heterocycles. The Kier molecular flexibility index (Phi) is 3.84. The van der Waals surface area contributed by atoms with Crippen molar-refractivity contribution in [3.05, 3.63) is 50.7 Å². The first-order chi connectivity index (χ1) is 8.99. The molecule has 0 saturated heterocycles. The third-order valence-corrected chi connectivity index (χ3v) is 3.49. The first-order valence-corrected chi connectivity index (χ1v) is 6.46. The van der Waals surface area contributed by atoms with Crippen molar-refractivity contribution >= 4 is 27.3 Å². The zero-order valence-corrected chi connectivity index (χ0v) is 12.1. The Bertz CT molecular complexity index is 612. The summed E-state index contributed by atoms with van der Waals surface area (Å²) in [6, 6.07) is 6.62. The first-order valence-electron chi connectivity index (χ1n) is 5.67. The lowest BCUT2D eigenvalue weighted by atomic mass is 10.2. The number of halogens is 1. The van der Waals surface area contributed by atoms with Crippen LogP contribution in [0.1, 0.15) is 18.7 Å². The van der Waals surface area contributed by atoms with Crippen LogP contribution in [0.4, 0.5) is 11.4 Å². The summed E-state index contributed by atoms with van der Waals surface area (Å²) in [6.07, 6.45) is 1.73. The fourth-order valence-corrected chi connectivity index (χ4v) is 2.33. The first kappa shape index (κ1) is 13.5. The van der Waals surface area contributed by atoms with Gasteiger partial charge in [0.25, 0.3) is 5.69 Å². The Hall–Kier alpha value is -1.89. The van der Waals surface area contributed by atoms with Crippen molar-refractivity contribution in [2.24, 2.45) is 7.05 Å². The molecule has 7 heteroatoms. The number of hydrogen-bond donors (Lipinski definition) is 1. The Morgan fingerprint density at radius 1 is 1.47 bits per heavy atom. The highest BCUT2D eigenvalue weighted by molar-refractivity contribution is 9.10. The number of aromatic nitrogens is 2. The minimum Gasteiger partial charge on any atom is -0.376 e. The van der Waals surface area contributed by atoms with Gasteiger partial charge in [0, 0.05) is 35.5 Å². The molecule has 0 aliphatic heterocycles. The molecule has 0 spiro atoms. The van der Waals surface area contributed by atoms with Crippen molar-refractivity contribution in [3.8, 4) is 0 Å². The molecule has 0 radical (unpaired) electrons. The minimum atomic E-state index is -0.418. The summed E-state index contributed by atoms with van der Waals surface area (Å²) >= 11 is 3.34. The zero-order valence-electron chi connectivity index (χ0n) is 10.5. The number of nitro benzene ring substituents is 1. The van der Waals surface area contributed by atoms with Gasteiger partial charge < -0.3 is 5.32 Å². The molecule has 0 fully saturated rings. The number of aryl methyl sites for hydroxylation is 1. The van der Waals surface area contributed by atoms with Gasteiger partial charge in [-0.15, -0.1) is 0 Å². The van der Waals surface area contributed by atoms with Crippen LogP contribution in [-0.2, 0) is 7.05 Å². The largest absolute Gasteiger partial charge is 0.376 e. The van der Waals surface area contributed by atoms with E-state index in [1.54, 1.807) is 16.9 Å². The standard InChI is InChI=1S/C12H13BrN4O2/c1-8(12-5-6-14-16(12)2)15-11-4-3-9(17(18)19)7-10(11)13/h3-8,15H,1-2H3. The van der Waals surface area contributed by atoms with Crippen molar-refractivity contribution in [1.29, 1.82) is 0 Å². The molecule has 1 aromatic carbocycles. The predicted molar refractivity (Wildman–Crippen MR) is 76.0 cm³/mol. The lowest BCUT2D eigenvalue weighted by Gasteiger charge is -2.16. The van der Waals surface area contributed by atoms with Crippen LogP contribution in [0, 0.1) is 10.1 Å². The lowest BCUT2D eigenvalue weighted by molar-refractivity contribution is -0.384. The minimum absolute atomic E-state index is 0.0465. The summed E-state index contributed by atoms with van der Waals surface area (Å²) in [5.41, 5.74) is 1.90. The topological polar surface area (TPSA) is 73.0 Å². The molecule has 1 atom stereocenters. The molecule has 0 aliphatic carbocycles. The summed E-state index contributed by atoms with van der Waals surface area (Å²) in [5.74, 6) is 0. The summed E-state index contributed by atoms with van der Waals surface area (Å²) < 4.78 is 2.45. The van der Waals surface area contributed by atoms with E-state index in [-0.39, 0.29) is 11.7 Å². The fraction of sp³-hybridized carbons (Fsp3) is 0.250. The number of hydrogen-bond acceptors (Lipinski definition) is 4. The lowest BCUT2D eigenvalue weighted by Crippen LogP contribution is -2.11. The number of anilines is 1. The normalized spacial score (nSPS) is 12.2. The molecule has 2 aromatic rings. The molecule has 0 bridgehead atoms. The molecule has 1 aromatic heterocycles. The van der Waals surface area contributed by atoms with E-state index in [1.165, 1.54) is 12.1 Å². The molecule has 2 rings (SSSR count). The monoisotopic (exact) mass is 324 g/mol. The number of rotatable bonds is 4. The molecule has 0 aliphatic rings. The third-order valence-electron chi connectivity index (χ3n) is 2.84. The van der Waals surface area contributed by atoms with E-state index in [9.17, 15) is 10.1 Å². The molecule has 6 nitrogen and oxygen atoms in total. The average Bonchev–Trinajstić information content (AvgIpc) is 2.77. The van der Waals surface area contributed by atoms with E-state index in [4.69, 9.17) is 0 Å². The van der Waals surface area contributed by atoms with E-state index >= 15 is 0 Å². The molecule has 100 valence electrons. The van der Waals surface area contributed by atoms with Crippen molar-refractivity contribution in [1.82, 2.24) is 9.78 Å². The van der Waals surface area contributed by atoms with E-state index in [1.807, 2.05) is 20.0 Å². The van der Waals surface area contributed by atoms with Gasteiger partial charge in [-0.25, -0.2) is 0 Å². The van der Waals surface area contributed by atoms with Gasteiger partial charge in [-0.05, 0) is 35.0 Å². The van der Waals surface area contributed by atoms with Crippen LogP contribution in [0.5, 0.6) is 0 Å². The second-order valence-corrected chi connectivity index (χ2v) is 5.02. The number of nitro groups is 1. The van der Waals surface area contributed by atoms with Gasteiger partial charge in [-0.2, -0.15) is 5.10 Å². The van der Waals surface area contributed by atoms with E-state index in [0.717, 1.165) is 11.4 Å². The van der Waals surface area contributed by atoms with Crippen LogP contribution in [0.15, 0.2) is 34.9 Å². The van der Waals surface area contributed by atoms with Crippen molar-refractivity contribution in [2.75, 3.05) is 5.32 Å². The number of benzene rings is 1. The molecular weight excluding hydrogens is 312 g/mol. The second-order valence-electron chi connectivity index (χ2n) is 4.17. The molecular formula is C12H13BrN4O2. The van der Waals surface area contributed by atoms with Gasteiger partial charge in [0.05, 0.1) is 16.7 Å². The van der Waals surface area contributed by atoms with Crippen LogP contribution in [-0.4, -0.2) is 14.7 Å². The molecule has 0 amide bonds. The van der Waals surface area contributed by atoms with Crippen molar-refractivity contribution < 1.29 is 4.92 Å². The van der Waals surface area contributed by atoms with Crippen LogP contribution in [0.2, 0.25) is 0 Å². The van der Waals surface area contributed by atoms with Crippen LogP contribution in [0.25, 0.3) is 0 Å². The summed E-state index contributed by atoms with van der Waals surface area (Å²) in [5, 5.41) is 18.1. The van der Waals surface area contributed by atoms with Crippen LogP contribution in [0.3, 0.4) is 0 Å². The van der Waals surface area contributed by atoms with Crippen LogP contribution < -0.4 is 5.32 Å². The second kappa shape index (κ2) is 5.40. The van der Waals surface area contributed by atoms with E-state index in [2.05, 4.69) is 26.3 Å². The highest BCUT2D eigenvalue weighted by atomic mass is 79.9. The Balaban J connectivity index is 2.20. The maximum atomic E-state index is 10.7. The maximum Gasteiger partial charge on any atom is 0.270 e. The zero-order chi connectivity index (χ0) is 14.0. The number of non-ortho nitro benzene ring substituents is 1. The summed E-state index contributed by atoms with van der Waals surface area (Å²) in [6.45, 7) is 2.00. The van der Waals surface area contributed by atoms with E-state index in [0.29, 0.717) is 4.47 Å². The van der Waals surface area contributed by atoms with E-state index < -0.39 is 4.92 Å². The van der Waals surface area contributed by atoms with Crippen LogP contribution >= 0.6 is 15.9 Å².